The zero-order valence-electron chi connectivity index (χ0n) is 15.0. The number of hydrogen-bond acceptors (Lipinski definition) is 6. The van der Waals surface area contributed by atoms with Gasteiger partial charge in [0, 0.05) is 31.4 Å². The van der Waals surface area contributed by atoms with Crippen LogP contribution in [0.4, 0.5) is 32.3 Å². The molecule has 1 N–H and O–H groups in total. The largest absolute Gasteiger partial charge is 0.433 e. The van der Waals surface area contributed by atoms with Crippen LogP contribution in [0.3, 0.4) is 0 Å². The number of nitrogens with zero attached hydrogens (tertiary/aromatic N) is 6. The Labute approximate surface area is 160 Å². The minimum absolute atomic E-state index is 0.0669. The lowest BCUT2D eigenvalue weighted by Crippen LogP contribution is -2.67. The number of likely N-dealkylation sites (tertiary alicyclic amines) is 1. The first-order valence-electron chi connectivity index (χ1n) is 8.64. The van der Waals surface area contributed by atoms with Crippen molar-refractivity contribution in [1.29, 1.82) is 0 Å². The molecule has 0 amide bonds. The summed E-state index contributed by atoms with van der Waals surface area (Å²) in [7, 11) is 1.91. The van der Waals surface area contributed by atoms with Crippen LogP contribution >= 0.6 is 0 Å². The molecule has 29 heavy (non-hydrogen) atoms. The van der Waals surface area contributed by atoms with Crippen LogP contribution in [-0.2, 0) is 6.18 Å². The highest BCUT2D eigenvalue weighted by Gasteiger charge is 2.56. The van der Waals surface area contributed by atoms with Crippen LogP contribution in [-0.4, -0.2) is 74.8 Å². The maximum atomic E-state index is 13.3. The van der Waals surface area contributed by atoms with Crippen LogP contribution in [0.25, 0.3) is 11.3 Å². The summed E-state index contributed by atoms with van der Waals surface area (Å²) in [6.45, 7) is 0.935. The molecule has 13 heteroatoms. The Hall–Kier alpha value is -2.41. The molecule has 4 heterocycles. The summed E-state index contributed by atoms with van der Waals surface area (Å²) in [6, 6.07) is -1.61. The minimum Gasteiger partial charge on any atom is -0.389 e. The highest BCUT2D eigenvalue weighted by molar-refractivity contribution is 5.60. The van der Waals surface area contributed by atoms with E-state index in [1.807, 2.05) is 11.9 Å². The van der Waals surface area contributed by atoms with Crippen LogP contribution in [0.2, 0.25) is 0 Å². The zero-order valence-corrected chi connectivity index (χ0v) is 15.0. The molecule has 2 saturated heterocycles. The van der Waals surface area contributed by atoms with Crippen molar-refractivity contribution in [2.75, 3.05) is 31.6 Å². The third-order valence-corrected chi connectivity index (χ3v) is 5.00. The van der Waals surface area contributed by atoms with Gasteiger partial charge in [-0.1, -0.05) is 0 Å². The lowest BCUT2D eigenvalue weighted by molar-refractivity contribution is -0.186. The Bertz CT molecular complexity index is 906. The minimum atomic E-state index is -4.88. The van der Waals surface area contributed by atoms with E-state index in [2.05, 4.69) is 15.1 Å². The van der Waals surface area contributed by atoms with Crippen LogP contribution < -0.4 is 4.90 Å². The van der Waals surface area contributed by atoms with Crippen molar-refractivity contribution in [1.82, 2.24) is 24.6 Å². The predicted molar refractivity (Wildman–Crippen MR) is 88.0 cm³/mol. The molecule has 0 aromatic carbocycles. The molecule has 0 saturated carbocycles. The summed E-state index contributed by atoms with van der Waals surface area (Å²) < 4.78 is 80.8. The van der Waals surface area contributed by atoms with Gasteiger partial charge in [-0.2, -0.15) is 31.4 Å². The molecule has 0 unspecified atom stereocenters. The second-order valence-corrected chi connectivity index (χ2v) is 7.23. The van der Waals surface area contributed by atoms with Crippen molar-refractivity contribution in [2.45, 2.75) is 30.5 Å². The summed E-state index contributed by atoms with van der Waals surface area (Å²) >= 11 is 0. The molecule has 2 atom stereocenters. The maximum Gasteiger partial charge on any atom is 0.433 e. The molecule has 2 aromatic heterocycles. The fraction of sp³-hybridized carbons (Fsp3) is 0.562. The average molecular weight is 422 g/mol. The number of halogens is 6. The standard InChI is InChI=1S/C16H16F6N6O/c1-26-5-9(6-26)28-4-8(3-23-28)10-2-12(15(17,18)19)25-14(24-10)27-7-11(29)13(27)16(20,21)22/h2-4,9,11,13,29H,5-7H2,1H3/t11-,13-/m1/s1. The van der Waals surface area contributed by atoms with Gasteiger partial charge >= 0.3 is 12.4 Å². The van der Waals surface area contributed by atoms with Crippen molar-refractivity contribution < 1.29 is 31.4 Å². The SMILES string of the molecule is CN1CC(n2cc(-c3cc(C(F)(F)F)nc(N4C[C@@H](O)[C@@H]4C(F)(F)F)n3)cn2)C1. The lowest BCUT2D eigenvalue weighted by Gasteiger charge is -2.45. The molecule has 4 rings (SSSR count). The smallest absolute Gasteiger partial charge is 0.389 e. The molecule has 7 nitrogen and oxygen atoms in total. The quantitative estimate of drug-likeness (QED) is 0.763. The first-order chi connectivity index (χ1) is 13.4. The van der Waals surface area contributed by atoms with Crippen molar-refractivity contribution in [3.63, 3.8) is 0 Å². The fourth-order valence-electron chi connectivity index (χ4n) is 3.45. The average Bonchev–Trinajstić information content (AvgIpc) is 3.03. The van der Waals surface area contributed by atoms with Crippen LogP contribution in [0, 0.1) is 0 Å². The number of aromatic nitrogens is 4. The van der Waals surface area contributed by atoms with Crippen LogP contribution in [0.1, 0.15) is 11.7 Å². The molecular weight excluding hydrogens is 406 g/mol. The first-order valence-corrected chi connectivity index (χ1v) is 8.64. The van der Waals surface area contributed by atoms with Crippen molar-refractivity contribution >= 4 is 5.95 Å². The monoisotopic (exact) mass is 422 g/mol. The van der Waals surface area contributed by atoms with E-state index in [0.29, 0.717) is 11.0 Å². The molecular formula is C16H16F6N6O. The Morgan fingerprint density at radius 3 is 2.31 bits per heavy atom. The molecule has 0 aliphatic carbocycles. The second kappa shape index (κ2) is 6.55. The van der Waals surface area contributed by atoms with Crippen molar-refractivity contribution in [3.8, 4) is 11.3 Å². The lowest BCUT2D eigenvalue weighted by atomic mass is 9.99. The van der Waals surface area contributed by atoms with Crippen molar-refractivity contribution in [3.05, 3.63) is 24.2 Å². The predicted octanol–water partition coefficient (Wildman–Crippen LogP) is 1.96. The van der Waals surface area contributed by atoms with Gasteiger partial charge in [0.15, 0.2) is 11.7 Å². The van der Waals surface area contributed by atoms with Gasteiger partial charge in [-0.25, -0.2) is 9.97 Å². The van der Waals surface area contributed by atoms with E-state index in [1.165, 1.54) is 12.4 Å². The second-order valence-electron chi connectivity index (χ2n) is 7.23. The van der Waals surface area contributed by atoms with E-state index < -0.39 is 42.7 Å². The van der Waals surface area contributed by atoms with E-state index in [-0.39, 0.29) is 17.3 Å². The van der Waals surface area contributed by atoms with E-state index in [4.69, 9.17) is 0 Å². The normalized spacial score (nSPS) is 23.8. The van der Waals surface area contributed by atoms with E-state index in [1.54, 1.807) is 4.68 Å². The molecule has 2 aliphatic rings. The number of alkyl halides is 6. The molecule has 0 bridgehead atoms. The van der Waals surface area contributed by atoms with Gasteiger partial charge in [0.25, 0.3) is 0 Å². The van der Waals surface area contributed by atoms with E-state index in [0.717, 1.165) is 13.1 Å². The number of anilines is 1. The fourth-order valence-corrected chi connectivity index (χ4v) is 3.45. The summed E-state index contributed by atoms with van der Waals surface area (Å²) in [5.41, 5.74) is -1.32. The summed E-state index contributed by atoms with van der Waals surface area (Å²) in [6.07, 6.45) is -8.64. The van der Waals surface area contributed by atoms with Crippen molar-refractivity contribution in [2.24, 2.45) is 0 Å². The topological polar surface area (TPSA) is 70.3 Å². The Morgan fingerprint density at radius 2 is 1.76 bits per heavy atom. The van der Waals surface area contributed by atoms with Gasteiger partial charge in [-0.15, -0.1) is 0 Å². The van der Waals surface area contributed by atoms with Gasteiger partial charge in [0.1, 0.15) is 6.10 Å². The van der Waals surface area contributed by atoms with Crippen LogP contribution in [0.15, 0.2) is 18.5 Å². The molecule has 0 spiro atoms. The van der Waals surface area contributed by atoms with E-state index in [9.17, 15) is 31.4 Å². The van der Waals surface area contributed by atoms with E-state index >= 15 is 0 Å². The first kappa shape index (κ1) is 19.9. The zero-order chi connectivity index (χ0) is 21.1. The summed E-state index contributed by atoms with van der Waals surface area (Å²) in [4.78, 5) is 9.74. The number of aliphatic hydroxyl groups is 1. The number of aliphatic hydroxyl groups excluding tert-OH is 1. The summed E-state index contributed by atoms with van der Waals surface area (Å²) in [5.74, 6) is -0.737. The highest BCUT2D eigenvalue weighted by Crippen LogP contribution is 2.38. The molecule has 0 radical (unpaired) electrons. The number of likely N-dealkylation sites (N-methyl/N-ethyl adjacent to an activating group) is 1. The van der Waals surface area contributed by atoms with Crippen LogP contribution in [0.5, 0.6) is 0 Å². The van der Waals surface area contributed by atoms with Gasteiger partial charge in [0.2, 0.25) is 5.95 Å². The number of hydrogen-bond donors (Lipinski definition) is 1. The Kier molecular flexibility index (Phi) is 4.49. The number of β-amino-alcohol motifs (C(OH)–C–C–N with tert-alkyl or cyclic N) is 1. The van der Waals surface area contributed by atoms with Gasteiger partial charge in [-0.05, 0) is 13.1 Å². The number of rotatable bonds is 3. The summed E-state index contributed by atoms with van der Waals surface area (Å²) in [5, 5.41) is 13.6. The molecule has 2 aromatic rings. The highest BCUT2D eigenvalue weighted by atomic mass is 19.4. The molecule has 2 aliphatic heterocycles. The van der Waals surface area contributed by atoms with Gasteiger partial charge < -0.3 is 14.9 Å². The Balaban J connectivity index is 1.71. The third kappa shape index (κ3) is 3.64. The molecule has 2 fully saturated rings. The third-order valence-electron chi connectivity index (χ3n) is 5.00. The Morgan fingerprint density at radius 1 is 1.07 bits per heavy atom. The maximum absolute atomic E-state index is 13.3. The van der Waals surface area contributed by atoms with Gasteiger partial charge in [0.05, 0.1) is 17.9 Å². The molecule has 158 valence electrons. The van der Waals surface area contributed by atoms with Gasteiger partial charge in [-0.3, -0.25) is 4.68 Å².